The molecule has 9 heteroatoms. The summed E-state index contributed by atoms with van der Waals surface area (Å²) in [6.45, 7) is 4.98. The second kappa shape index (κ2) is 10.3. The molecule has 1 aliphatic carbocycles. The number of fused-ring (bicyclic) bond motifs is 1. The zero-order valence-electron chi connectivity index (χ0n) is 21.6. The lowest BCUT2D eigenvalue weighted by Gasteiger charge is -2.46. The van der Waals surface area contributed by atoms with Gasteiger partial charge in [0, 0.05) is 29.7 Å². The summed E-state index contributed by atoms with van der Waals surface area (Å²) in [5, 5.41) is 10.0. The third-order valence-electron chi connectivity index (χ3n) is 8.62. The van der Waals surface area contributed by atoms with Crippen LogP contribution in [0.5, 0.6) is 11.5 Å². The summed E-state index contributed by atoms with van der Waals surface area (Å²) >= 11 is 6.12. The summed E-state index contributed by atoms with van der Waals surface area (Å²) in [6.07, 6.45) is 0.575. The van der Waals surface area contributed by atoms with Crippen molar-refractivity contribution in [3.8, 4) is 11.5 Å². The second-order valence-corrected chi connectivity index (χ2v) is 11.5. The van der Waals surface area contributed by atoms with Crippen LogP contribution in [0.15, 0.2) is 36.4 Å². The molecular formula is C29H33ClF3NO4. The lowest BCUT2D eigenvalue weighted by atomic mass is 9.80. The number of piperidine rings is 1. The number of carbonyl (C=O) groups is 1. The lowest BCUT2D eigenvalue weighted by Crippen LogP contribution is -2.50. The Kier molecular flexibility index (Phi) is 7.33. The van der Waals surface area contributed by atoms with Crippen LogP contribution in [0.4, 0.5) is 13.2 Å². The Hall–Kier alpha value is -2.45. The average Bonchev–Trinajstić information content (AvgIpc) is 3.69. The van der Waals surface area contributed by atoms with E-state index in [1.54, 1.807) is 13.0 Å². The van der Waals surface area contributed by atoms with Crippen molar-refractivity contribution in [2.45, 2.75) is 76.3 Å². The van der Waals surface area contributed by atoms with Crippen LogP contribution in [-0.2, 0) is 11.2 Å². The molecule has 5 nitrogen and oxygen atoms in total. The molecule has 0 radical (unpaired) electrons. The molecule has 1 saturated carbocycles. The number of alkyl halides is 3. The third-order valence-corrected chi connectivity index (χ3v) is 8.85. The van der Waals surface area contributed by atoms with E-state index in [1.807, 2.05) is 6.92 Å². The van der Waals surface area contributed by atoms with E-state index in [0.29, 0.717) is 29.6 Å². The van der Waals surface area contributed by atoms with Crippen molar-refractivity contribution in [1.82, 2.24) is 4.90 Å². The molecule has 1 saturated heterocycles. The number of aryl methyl sites for hydroxylation is 1. The Morgan fingerprint density at radius 2 is 1.84 bits per heavy atom. The first-order valence-corrected chi connectivity index (χ1v) is 13.7. The summed E-state index contributed by atoms with van der Waals surface area (Å²) in [6, 6.07) is 10.1. The zero-order valence-corrected chi connectivity index (χ0v) is 22.3. The number of ether oxygens (including phenoxy) is 2. The third kappa shape index (κ3) is 5.76. The predicted molar refractivity (Wildman–Crippen MR) is 138 cm³/mol. The number of benzene rings is 2. The second-order valence-electron chi connectivity index (χ2n) is 11.1. The summed E-state index contributed by atoms with van der Waals surface area (Å²) in [7, 11) is 0. The standard InChI is InChI=1S/C29H33ClF3NO4/c1-17(27(35)36)26(20-4-5-20)21-6-3-19-9-10-28(37-25(19)15-21)11-13-34(14-12-28)18(2)23-16-22(30)7-8-24(23)38-29(31,32)33/h3,6-8,15-18,20,26H,4-5,9-14H2,1-2H3,(H,35,36)/t17-,18-,26-/m0/s1. The van der Waals surface area contributed by atoms with Crippen LogP contribution in [0.3, 0.4) is 0 Å². The minimum atomic E-state index is -4.78. The maximum Gasteiger partial charge on any atom is 0.573 e. The quantitative estimate of drug-likeness (QED) is 0.389. The fourth-order valence-electron chi connectivity index (χ4n) is 6.24. The van der Waals surface area contributed by atoms with E-state index >= 15 is 0 Å². The molecule has 2 aromatic carbocycles. The number of rotatable bonds is 7. The largest absolute Gasteiger partial charge is 0.573 e. The van der Waals surface area contributed by atoms with Crippen LogP contribution in [-0.4, -0.2) is 41.0 Å². The molecule has 1 spiro atoms. The monoisotopic (exact) mass is 551 g/mol. The first-order chi connectivity index (χ1) is 17.9. The molecule has 3 atom stereocenters. The molecule has 38 heavy (non-hydrogen) atoms. The van der Waals surface area contributed by atoms with Crippen LogP contribution in [0, 0.1) is 11.8 Å². The van der Waals surface area contributed by atoms with Crippen LogP contribution in [0.2, 0.25) is 5.02 Å². The smallest absolute Gasteiger partial charge is 0.487 e. The molecule has 0 bridgehead atoms. The van der Waals surface area contributed by atoms with Gasteiger partial charge in [-0.1, -0.05) is 30.7 Å². The van der Waals surface area contributed by atoms with Crippen molar-refractivity contribution in [3.05, 3.63) is 58.1 Å². The number of hydrogen-bond acceptors (Lipinski definition) is 4. The number of likely N-dealkylation sites (tertiary alicyclic amines) is 1. The highest BCUT2D eigenvalue weighted by molar-refractivity contribution is 6.30. The highest BCUT2D eigenvalue weighted by Gasteiger charge is 2.43. The normalized spacial score (nSPS) is 21.7. The van der Waals surface area contributed by atoms with E-state index in [1.165, 1.54) is 12.1 Å². The fourth-order valence-corrected chi connectivity index (χ4v) is 6.42. The van der Waals surface area contributed by atoms with Crippen molar-refractivity contribution in [3.63, 3.8) is 0 Å². The Morgan fingerprint density at radius 1 is 1.13 bits per heavy atom. The molecule has 206 valence electrons. The van der Waals surface area contributed by atoms with E-state index in [0.717, 1.165) is 55.4 Å². The van der Waals surface area contributed by atoms with Gasteiger partial charge in [-0.25, -0.2) is 0 Å². The van der Waals surface area contributed by atoms with Gasteiger partial charge in [0.2, 0.25) is 0 Å². The number of aliphatic carboxylic acids is 1. The SMILES string of the molecule is C[C@H](C(=O)O)[C@H](c1ccc2c(c1)OC1(CC2)CCN([C@@H](C)c2cc(Cl)ccc2OC(F)(F)F)CC1)C1CC1. The van der Waals surface area contributed by atoms with Gasteiger partial charge in [-0.3, -0.25) is 9.69 Å². The molecule has 5 rings (SSSR count). The molecule has 0 amide bonds. The van der Waals surface area contributed by atoms with Gasteiger partial charge >= 0.3 is 12.3 Å². The van der Waals surface area contributed by atoms with Gasteiger partial charge in [0.1, 0.15) is 17.1 Å². The molecular weight excluding hydrogens is 519 g/mol. The molecule has 0 aromatic heterocycles. The Bertz CT molecular complexity index is 1190. The molecule has 3 aliphatic rings. The first kappa shape index (κ1) is 27.1. The van der Waals surface area contributed by atoms with E-state index in [2.05, 4.69) is 27.8 Å². The number of halogens is 4. The molecule has 0 unspecified atom stereocenters. The molecule has 2 heterocycles. The van der Waals surface area contributed by atoms with E-state index in [4.69, 9.17) is 16.3 Å². The Labute approximate surface area is 225 Å². The van der Waals surface area contributed by atoms with Crippen LogP contribution < -0.4 is 9.47 Å². The number of hydrogen-bond donors (Lipinski definition) is 1. The fraction of sp³-hybridized carbons (Fsp3) is 0.552. The minimum Gasteiger partial charge on any atom is -0.487 e. The summed E-state index contributed by atoms with van der Waals surface area (Å²) in [4.78, 5) is 13.9. The topological polar surface area (TPSA) is 59.0 Å². The van der Waals surface area contributed by atoms with Crippen LogP contribution in [0.25, 0.3) is 0 Å². The first-order valence-electron chi connectivity index (χ1n) is 13.3. The van der Waals surface area contributed by atoms with E-state index in [-0.39, 0.29) is 23.3 Å². The summed E-state index contributed by atoms with van der Waals surface area (Å²) in [5.74, 6) is -0.241. The van der Waals surface area contributed by atoms with Gasteiger partial charge in [-0.05, 0) is 92.7 Å². The van der Waals surface area contributed by atoms with Gasteiger partial charge in [0.25, 0.3) is 0 Å². The molecule has 1 N–H and O–H groups in total. The molecule has 2 fully saturated rings. The van der Waals surface area contributed by atoms with Gasteiger partial charge in [0.05, 0.1) is 5.92 Å². The molecule has 2 aromatic rings. The van der Waals surface area contributed by atoms with Crippen molar-refractivity contribution in [1.29, 1.82) is 0 Å². The van der Waals surface area contributed by atoms with Crippen molar-refractivity contribution in [2.75, 3.05) is 13.1 Å². The van der Waals surface area contributed by atoms with Gasteiger partial charge in [-0.2, -0.15) is 0 Å². The summed E-state index contributed by atoms with van der Waals surface area (Å²) < 4.78 is 49.9. The highest BCUT2D eigenvalue weighted by Crippen LogP contribution is 2.49. The highest BCUT2D eigenvalue weighted by atomic mass is 35.5. The Morgan fingerprint density at radius 3 is 2.47 bits per heavy atom. The van der Waals surface area contributed by atoms with Crippen molar-refractivity contribution >= 4 is 17.6 Å². The maximum absolute atomic E-state index is 13.0. The van der Waals surface area contributed by atoms with Gasteiger partial charge < -0.3 is 14.6 Å². The van der Waals surface area contributed by atoms with Gasteiger partial charge in [-0.15, -0.1) is 13.2 Å². The lowest BCUT2D eigenvalue weighted by molar-refractivity contribution is -0.275. The minimum absolute atomic E-state index is 0.0206. The van der Waals surface area contributed by atoms with Crippen LogP contribution >= 0.6 is 11.6 Å². The maximum atomic E-state index is 13.0. The van der Waals surface area contributed by atoms with Crippen molar-refractivity contribution < 1.29 is 32.5 Å². The van der Waals surface area contributed by atoms with Gasteiger partial charge in [0.15, 0.2) is 0 Å². The summed E-state index contributed by atoms with van der Waals surface area (Å²) in [5.41, 5.74) is 2.24. The number of carboxylic acid groups (broad SMARTS) is 1. The number of nitrogens with zero attached hydrogens (tertiary/aromatic N) is 1. The van der Waals surface area contributed by atoms with Crippen LogP contribution in [0.1, 0.15) is 74.6 Å². The predicted octanol–water partition coefficient (Wildman–Crippen LogP) is 7.37. The Balaban J connectivity index is 1.30. The number of carboxylic acids is 1. The zero-order chi connectivity index (χ0) is 27.2. The average molecular weight is 552 g/mol. The van der Waals surface area contributed by atoms with E-state index < -0.39 is 18.2 Å². The van der Waals surface area contributed by atoms with Crippen molar-refractivity contribution in [2.24, 2.45) is 11.8 Å². The van der Waals surface area contributed by atoms with E-state index in [9.17, 15) is 23.1 Å². The molecule has 2 aliphatic heterocycles.